The first-order valence-electron chi connectivity index (χ1n) is 6.81. The molecule has 0 heterocycles. The zero-order valence-electron chi connectivity index (χ0n) is 11.5. The minimum atomic E-state index is -2.09. The second-order valence-electron chi connectivity index (χ2n) is 4.84. The summed E-state index contributed by atoms with van der Waals surface area (Å²) in [5.41, 5.74) is 1.33. The van der Waals surface area contributed by atoms with Gasteiger partial charge < -0.3 is 0 Å². The first-order chi connectivity index (χ1) is 9.84. The molecule has 0 amide bonds. The fourth-order valence-electron chi connectivity index (χ4n) is 2.30. The summed E-state index contributed by atoms with van der Waals surface area (Å²) < 4.78 is 4.62. The summed E-state index contributed by atoms with van der Waals surface area (Å²) in [5, 5.41) is 0. The van der Waals surface area contributed by atoms with Crippen molar-refractivity contribution in [1.29, 1.82) is 0 Å². The van der Waals surface area contributed by atoms with E-state index in [4.69, 9.17) is 0 Å². The second kappa shape index (κ2) is 6.33. The Morgan fingerprint density at radius 3 is 1.35 bits per heavy atom. The molecule has 0 fully saturated rings. The van der Waals surface area contributed by atoms with Crippen LogP contribution in [0, 0.1) is 6.92 Å². The number of hydrogen-bond donors (Lipinski definition) is 0. The van der Waals surface area contributed by atoms with Crippen molar-refractivity contribution in [3.05, 3.63) is 90.5 Å². The van der Waals surface area contributed by atoms with Crippen molar-refractivity contribution in [3.8, 4) is 0 Å². The van der Waals surface area contributed by atoms with Gasteiger partial charge in [0.15, 0.2) is 0 Å². The monoisotopic (exact) mass is 454 g/mol. The molecule has 0 aliphatic carbocycles. The van der Waals surface area contributed by atoms with Crippen LogP contribution in [0.5, 0.6) is 0 Å². The second-order valence-corrected chi connectivity index (χ2v) is 13.5. The molecule has 0 saturated carbocycles. The Bertz CT molecular complexity index is 618. The van der Waals surface area contributed by atoms with Gasteiger partial charge >= 0.3 is 129 Å². The van der Waals surface area contributed by atoms with Crippen LogP contribution in [0.3, 0.4) is 0 Å². The van der Waals surface area contributed by atoms with Gasteiger partial charge in [-0.2, -0.15) is 0 Å². The van der Waals surface area contributed by atoms with E-state index in [9.17, 15) is 0 Å². The molecule has 0 aliphatic heterocycles. The van der Waals surface area contributed by atoms with Gasteiger partial charge in [0.1, 0.15) is 0 Å². The number of benzene rings is 3. The molecule has 98 valence electrons. The van der Waals surface area contributed by atoms with Gasteiger partial charge in [0.05, 0.1) is 0 Å². The molecule has 1 heteroatoms. The van der Waals surface area contributed by atoms with Crippen molar-refractivity contribution >= 4 is 31.6 Å². The molecular formula is C19H17Bi. The Labute approximate surface area is 128 Å². The van der Waals surface area contributed by atoms with Crippen molar-refractivity contribution in [2.24, 2.45) is 0 Å². The van der Waals surface area contributed by atoms with E-state index < -0.39 is 21.8 Å². The van der Waals surface area contributed by atoms with Crippen LogP contribution in [0.2, 0.25) is 0 Å². The van der Waals surface area contributed by atoms with Crippen molar-refractivity contribution in [2.45, 2.75) is 6.92 Å². The third-order valence-electron chi connectivity index (χ3n) is 3.32. The van der Waals surface area contributed by atoms with E-state index in [1.54, 1.807) is 3.27 Å². The van der Waals surface area contributed by atoms with Crippen molar-refractivity contribution < 1.29 is 0 Å². The van der Waals surface area contributed by atoms with Crippen LogP contribution in [0.25, 0.3) is 0 Å². The molecule has 0 radical (unpaired) electrons. The van der Waals surface area contributed by atoms with Crippen LogP contribution in [0.4, 0.5) is 0 Å². The van der Waals surface area contributed by atoms with E-state index in [0.29, 0.717) is 0 Å². The van der Waals surface area contributed by atoms with Gasteiger partial charge in [0.25, 0.3) is 0 Å². The van der Waals surface area contributed by atoms with E-state index in [1.165, 1.54) is 12.1 Å². The predicted molar refractivity (Wildman–Crippen MR) is 88.7 cm³/mol. The van der Waals surface area contributed by atoms with Gasteiger partial charge in [-0.25, -0.2) is 0 Å². The molecule has 0 saturated heterocycles. The van der Waals surface area contributed by atoms with Gasteiger partial charge in [0.2, 0.25) is 0 Å². The van der Waals surface area contributed by atoms with E-state index >= 15 is 0 Å². The summed E-state index contributed by atoms with van der Waals surface area (Å²) in [4.78, 5) is 0. The Balaban J connectivity index is 2.11. The van der Waals surface area contributed by atoms with Crippen LogP contribution < -0.4 is 9.81 Å². The van der Waals surface area contributed by atoms with Gasteiger partial charge in [-0.05, 0) is 0 Å². The Morgan fingerprint density at radius 1 is 0.500 bits per heavy atom. The standard InChI is InChI=1S/C7H7.2C6H5.Bi/c1-7-5-3-2-4-6-7;2*1-2-4-6-5-3-1;/h3-6H,1H3;2*1-5H;. The first-order valence-corrected chi connectivity index (χ1v) is 12.0. The average Bonchev–Trinajstić information content (AvgIpc) is 2.52. The number of aryl methyl sites for hydroxylation is 1. The molecule has 0 unspecified atom stereocenters. The molecule has 20 heavy (non-hydrogen) atoms. The molecular weight excluding hydrogens is 437 g/mol. The van der Waals surface area contributed by atoms with Gasteiger partial charge in [-0.1, -0.05) is 0 Å². The molecule has 0 aliphatic rings. The SMILES string of the molecule is Cc1cc[c]([Bi]([c]2ccccc2)[c]2ccccc2)cc1. The summed E-state index contributed by atoms with van der Waals surface area (Å²) >= 11 is -2.09. The summed E-state index contributed by atoms with van der Waals surface area (Å²) in [7, 11) is 0. The van der Waals surface area contributed by atoms with Gasteiger partial charge in [0, 0.05) is 0 Å². The Morgan fingerprint density at radius 2 is 0.900 bits per heavy atom. The molecule has 0 atom stereocenters. The molecule has 3 rings (SSSR count). The normalized spacial score (nSPS) is 10.7. The summed E-state index contributed by atoms with van der Waals surface area (Å²) in [6.45, 7) is 2.15. The van der Waals surface area contributed by atoms with Crippen LogP contribution in [-0.4, -0.2) is 21.8 Å². The molecule has 0 bridgehead atoms. The molecule has 0 nitrogen and oxygen atoms in total. The van der Waals surface area contributed by atoms with Gasteiger partial charge in [-0.3, -0.25) is 0 Å². The third kappa shape index (κ3) is 2.99. The molecule has 0 aromatic heterocycles. The molecule has 0 N–H and O–H groups in total. The van der Waals surface area contributed by atoms with Crippen molar-refractivity contribution in [3.63, 3.8) is 0 Å². The Hall–Kier alpha value is -1.46. The van der Waals surface area contributed by atoms with E-state index in [1.807, 2.05) is 0 Å². The third-order valence-corrected chi connectivity index (χ3v) is 12.8. The van der Waals surface area contributed by atoms with Crippen LogP contribution >= 0.6 is 0 Å². The van der Waals surface area contributed by atoms with E-state index in [0.717, 1.165) is 0 Å². The topological polar surface area (TPSA) is 0 Å². The van der Waals surface area contributed by atoms with E-state index in [-0.39, 0.29) is 0 Å². The van der Waals surface area contributed by atoms with Crippen LogP contribution in [0.1, 0.15) is 5.56 Å². The van der Waals surface area contributed by atoms with Crippen LogP contribution in [0.15, 0.2) is 84.9 Å². The molecule has 3 aromatic carbocycles. The number of rotatable bonds is 3. The fraction of sp³-hybridized carbons (Fsp3) is 0.0526. The van der Waals surface area contributed by atoms with Gasteiger partial charge in [-0.15, -0.1) is 0 Å². The maximum absolute atomic E-state index is 2.33. The fourth-order valence-corrected chi connectivity index (χ4v) is 11.2. The maximum atomic E-state index is 2.33. The summed E-state index contributed by atoms with van der Waals surface area (Å²) in [6.07, 6.45) is 0. The zero-order chi connectivity index (χ0) is 13.8. The van der Waals surface area contributed by atoms with Crippen molar-refractivity contribution in [2.75, 3.05) is 0 Å². The Kier molecular flexibility index (Phi) is 4.28. The van der Waals surface area contributed by atoms with Crippen LogP contribution in [-0.2, 0) is 0 Å². The van der Waals surface area contributed by atoms with E-state index in [2.05, 4.69) is 91.9 Å². The summed E-state index contributed by atoms with van der Waals surface area (Å²) in [6, 6.07) is 31.2. The number of hydrogen-bond acceptors (Lipinski definition) is 0. The van der Waals surface area contributed by atoms with Crippen molar-refractivity contribution in [1.82, 2.24) is 0 Å². The summed E-state index contributed by atoms with van der Waals surface area (Å²) in [5.74, 6) is 0. The quantitative estimate of drug-likeness (QED) is 0.534. The predicted octanol–water partition coefficient (Wildman–Crippen LogP) is 2.51. The molecule has 0 spiro atoms. The first kappa shape index (κ1) is 13.5. The average molecular weight is 454 g/mol. The minimum absolute atomic E-state index is 1.33. The zero-order valence-corrected chi connectivity index (χ0v) is 15.0. The molecule has 3 aromatic rings.